The highest BCUT2D eigenvalue weighted by Gasteiger charge is 2.42. The largest absolute Gasteiger partial charge is 0.452 e. The summed E-state index contributed by atoms with van der Waals surface area (Å²) in [5.41, 5.74) is 0. The predicted molar refractivity (Wildman–Crippen MR) is 152 cm³/mol. The van der Waals surface area contributed by atoms with Gasteiger partial charge in [0, 0.05) is 33.6 Å². The molecule has 2 aliphatic rings. The van der Waals surface area contributed by atoms with Crippen molar-refractivity contribution in [2.45, 2.75) is 97.0 Å². The average molecular weight is 578 g/mol. The topological polar surface area (TPSA) is 145 Å². The first kappa shape index (κ1) is 33.8. The van der Waals surface area contributed by atoms with E-state index in [9.17, 15) is 28.8 Å². The summed E-state index contributed by atoms with van der Waals surface area (Å²) in [6.07, 6.45) is 1.70. The number of carbonyl (C=O) groups excluding carboxylic acids is 6. The monoisotopic (exact) mass is 577 g/mol. The fourth-order valence-corrected chi connectivity index (χ4v) is 5.25. The van der Waals surface area contributed by atoms with Gasteiger partial charge in [-0.1, -0.05) is 40.2 Å². The van der Waals surface area contributed by atoms with Crippen LogP contribution in [0.1, 0.15) is 66.7 Å². The molecule has 5 amide bonds. The van der Waals surface area contributed by atoms with Crippen LogP contribution in [0.5, 0.6) is 0 Å². The lowest BCUT2D eigenvalue weighted by molar-refractivity contribution is -0.161. The standard InChI is InChI=1S/C29H47N5O7/c1-9-12-21-27(38)34-16-11-13-20(34)26(37)31-23(18(5)10-2)28(39)33(8)24(17(3)4)29(40)32(7)19(6)25(36)30-15-14-22(35)41-21/h9,17-21,23-24H,1,10-16H2,2-8H3,(H,30,36)(H,31,37)/t18-,19+,20-,21+,23+,24+/m1/s1. The molecule has 2 heterocycles. The Hall–Kier alpha value is -3.44. The van der Waals surface area contributed by atoms with Crippen LogP contribution in [0.4, 0.5) is 0 Å². The predicted octanol–water partition coefficient (Wildman–Crippen LogP) is 0.846. The number of rotatable bonds is 5. The second-order valence-electron chi connectivity index (χ2n) is 11.4. The maximum Gasteiger partial charge on any atom is 0.308 e. The van der Waals surface area contributed by atoms with E-state index in [-0.39, 0.29) is 31.2 Å². The molecule has 0 spiro atoms. The molecule has 0 saturated carbocycles. The van der Waals surface area contributed by atoms with Gasteiger partial charge in [0.15, 0.2) is 6.10 Å². The number of fused-ring (bicyclic) bond motifs is 1. The first-order valence-corrected chi connectivity index (χ1v) is 14.5. The first-order chi connectivity index (χ1) is 19.3. The van der Waals surface area contributed by atoms with Crippen molar-refractivity contribution in [3.8, 4) is 0 Å². The molecule has 2 rings (SSSR count). The Morgan fingerprint density at radius 3 is 2.24 bits per heavy atom. The quantitative estimate of drug-likeness (QED) is 0.364. The molecule has 12 nitrogen and oxygen atoms in total. The van der Waals surface area contributed by atoms with Gasteiger partial charge in [-0.3, -0.25) is 28.8 Å². The average Bonchev–Trinajstić information content (AvgIpc) is 3.43. The summed E-state index contributed by atoms with van der Waals surface area (Å²) in [7, 11) is 3.02. The summed E-state index contributed by atoms with van der Waals surface area (Å²) < 4.78 is 5.45. The molecule has 0 aliphatic carbocycles. The van der Waals surface area contributed by atoms with Gasteiger partial charge in [-0.05, 0) is 31.6 Å². The van der Waals surface area contributed by atoms with Crippen LogP contribution in [-0.4, -0.2) is 108 Å². The second kappa shape index (κ2) is 15.0. The molecule has 2 saturated heterocycles. The lowest BCUT2D eigenvalue weighted by atomic mass is 9.94. The maximum absolute atomic E-state index is 13.9. The van der Waals surface area contributed by atoms with Crippen LogP contribution in [0.3, 0.4) is 0 Å². The molecule has 6 atom stereocenters. The number of ether oxygens (including phenoxy) is 1. The number of amides is 5. The molecule has 2 N–H and O–H groups in total. The van der Waals surface area contributed by atoms with Crippen molar-refractivity contribution < 1.29 is 33.5 Å². The van der Waals surface area contributed by atoms with Crippen LogP contribution in [0, 0.1) is 11.8 Å². The van der Waals surface area contributed by atoms with E-state index in [1.807, 2.05) is 27.7 Å². The number of nitrogens with one attached hydrogen (secondary N) is 2. The number of esters is 1. The minimum Gasteiger partial charge on any atom is -0.452 e. The molecule has 12 heteroatoms. The van der Waals surface area contributed by atoms with Crippen LogP contribution in [0.15, 0.2) is 12.7 Å². The molecule has 0 bridgehead atoms. The van der Waals surface area contributed by atoms with Crippen molar-refractivity contribution in [1.82, 2.24) is 25.3 Å². The SMILES string of the molecule is C=CC[C@@H]1OC(=O)CCNC(=O)[C@H](C)N(C)C(=O)[C@H](C(C)C)N(C)C(=O)[C@H]([C@H](C)CC)NC(=O)[C@H]2CCCN2C1=O. The summed E-state index contributed by atoms with van der Waals surface area (Å²) >= 11 is 0. The molecular weight excluding hydrogens is 530 g/mol. The van der Waals surface area contributed by atoms with Crippen LogP contribution in [-0.2, 0) is 33.5 Å². The van der Waals surface area contributed by atoms with Crippen LogP contribution in [0.2, 0.25) is 0 Å². The lowest BCUT2D eigenvalue weighted by Crippen LogP contribution is -2.60. The van der Waals surface area contributed by atoms with Crippen molar-refractivity contribution in [3.05, 3.63) is 12.7 Å². The Bertz CT molecular complexity index is 1020. The van der Waals surface area contributed by atoms with Crippen LogP contribution < -0.4 is 10.6 Å². The van der Waals surface area contributed by atoms with Crippen molar-refractivity contribution in [2.24, 2.45) is 11.8 Å². The van der Waals surface area contributed by atoms with Gasteiger partial charge in [0.25, 0.3) is 5.91 Å². The van der Waals surface area contributed by atoms with Gasteiger partial charge >= 0.3 is 5.97 Å². The highest BCUT2D eigenvalue weighted by Crippen LogP contribution is 2.23. The summed E-state index contributed by atoms with van der Waals surface area (Å²) in [5, 5.41) is 5.51. The van der Waals surface area contributed by atoms with E-state index in [4.69, 9.17) is 4.74 Å². The van der Waals surface area contributed by atoms with Gasteiger partial charge in [0.2, 0.25) is 23.6 Å². The summed E-state index contributed by atoms with van der Waals surface area (Å²) in [6, 6.07) is -3.57. The third-order valence-corrected chi connectivity index (χ3v) is 8.13. The second-order valence-corrected chi connectivity index (χ2v) is 11.4. The molecule has 0 aromatic heterocycles. The van der Waals surface area contributed by atoms with Gasteiger partial charge in [-0.2, -0.15) is 0 Å². The molecule has 230 valence electrons. The third kappa shape index (κ3) is 8.07. The van der Waals surface area contributed by atoms with E-state index in [0.29, 0.717) is 25.8 Å². The minimum absolute atomic E-state index is 0.0566. The lowest BCUT2D eigenvalue weighted by Gasteiger charge is -2.38. The van der Waals surface area contributed by atoms with E-state index in [2.05, 4.69) is 17.2 Å². The first-order valence-electron chi connectivity index (χ1n) is 14.5. The Balaban J connectivity index is 2.53. The zero-order valence-electron chi connectivity index (χ0n) is 25.5. The maximum atomic E-state index is 13.9. The number of likely N-dealkylation sites (N-methyl/N-ethyl adjacent to an activating group) is 2. The molecule has 2 aliphatic heterocycles. The van der Waals surface area contributed by atoms with Crippen molar-refractivity contribution in [3.63, 3.8) is 0 Å². The van der Waals surface area contributed by atoms with Gasteiger partial charge < -0.3 is 30.1 Å². The van der Waals surface area contributed by atoms with E-state index in [1.54, 1.807) is 6.92 Å². The van der Waals surface area contributed by atoms with E-state index in [0.717, 1.165) is 0 Å². The fourth-order valence-electron chi connectivity index (χ4n) is 5.25. The molecule has 0 aromatic carbocycles. The Morgan fingerprint density at radius 2 is 1.66 bits per heavy atom. The number of nitrogens with zero attached hydrogens (tertiary/aromatic N) is 3. The van der Waals surface area contributed by atoms with Gasteiger partial charge in [0.05, 0.1) is 6.42 Å². The number of hydrogen-bond donors (Lipinski definition) is 2. The van der Waals surface area contributed by atoms with Crippen molar-refractivity contribution in [1.29, 1.82) is 0 Å². The van der Waals surface area contributed by atoms with Crippen molar-refractivity contribution >= 4 is 35.5 Å². The summed E-state index contributed by atoms with van der Waals surface area (Å²) in [5.74, 6) is -3.58. The fraction of sp³-hybridized carbons (Fsp3) is 0.724. The smallest absolute Gasteiger partial charge is 0.308 e. The molecule has 0 aromatic rings. The zero-order chi connectivity index (χ0) is 31.0. The molecular formula is C29H47N5O7. The van der Waals surface area contributed by atoms with Gasteiger partial charge in [-0.15, -0.1) is 6.58 Å². The van der Waals surface area contributed by atoms with Crippen LogP contribution >= 0.6 is 0 Å². The number of cyclic esters (lactones) is 1. The summed E-state index contributed by atoms with van der Waals surface area (Å²) in [4.78, 5) is 84.0. The van der Waals surface area contributed by atoms with Crippen LogP contribution in [0.25, 0.3) is 0 Å². The number of carbonyl (C=O) groups is 6. The highest BCUT2D eigenvalue weighted by molar-refractivity contribution is 5.96. The van der Waals surface area contributed by atoms with Gasteiger partial charge in [0.1, 0.15) is 24.2 Å². The normalized spacial score (nSPS) is 28.8. The Morgan fingerprint density at radius 1 is 1.00 bits per heavy atom. The van der Waals surface area contributed by atoms with Gasteiger partial charge in [-0.25, -0.2) is 0 Å². The zero-order valence-corrected chi connectivity index (χ0v) is 25.5. The third-order valence-electron chi connectivity index (χ3n) is 8.13. The highest BCUT2D eigenvalue weighted by atomic mass is 16.5. The Kier molecular flexibility index (Phi) is 12.3. The molecule has 0 unspecified atom stereocenters. The van der Waals surface area contributed by atoms with E-state index >= 15 is 0 Å². The molecule has 41 heavy (non-hydrogen) atoms. The minimum atomic E-state index is -1.17. The molecule has 0 radical (unpaired) electrons. The molecule has 2 fully saturated rings. The summed E-state index contributed by atoms with van der Waals surface area (Å²) in [6.45, 7) is 12.8. The number of hydrogen-bond acceptors (Lipinski definition) is 7. The Labute approximate surface area is 243 Å². The van der Waals surface area contributed by atoms with E-state index < -0.39 is 65.8 Å². The van der Waals surface area contributed by atoms with Crippen molar-refractivity contribution in [2.75, 3.05) is 27.2 Å². The van der Waals surface area contributed by atoms with E-state index in [1.165, 1.54) is 34.9 Å².